The van der Waals surface area contributed by atoms with Crippen molar-refractivity contribution in [3.8, 4) is 5.75 Å². The first-order chi connectivity index (χ1) is 10.2. The summed E-state index contributed by atoms with van der Waals surface area (Å²) >= 11 is 0. The second kappa shape index (κ2) is 9.73. The number of benzene rings is 1. The molecule has 0 unspecified atom stereocenters. The van der Waals surface area contributed by atoms with Gasteiger partial charge in [-0.1, -0.05) is 6.07 Å². The molecule has 0 fully saturated rings. The van der Waals surface area contributed by atoms with Gasteiger partial charge in [-0.15, -0.1) is 0 Å². The molecule has 0 aliphatic rings. The highest BCUT2D eigenvalue weighted by atomic mass is 16.6. The molecule has 1 aromatic rings. The van der Waals surface area contributed by atoms with Crippen molar-refractivity contribution in [1.29, 1.82) is 0 Å². The molecule has 1 amide bonds. The number of ether oxygens (including phenoxy) is 3. The summed E-state index contributed by atoms with van der Waals surface area (Å²) in [4.78, 5) is 22.7. The maximum atomic E-state index is 11.7. The Labute approximate surface area is 123 Å². The van der Waals surface area contributed by atoms with E-state index in [4.69, 9.17) is 9.47 Å². The van der Waals surface area contributed by atoms with Crippen LogP contribution in [-0.2, 0) is 19.1 Å². The molecule has 0 atom stereocenters. The molecule has 0 heterocycles. The van der Waals surface area contributed by atoms with Gasteiger partial charge < -0.3 is 24.8 Å². The number of esters is 1. The molecule has 0 aromatic heterocycles. The number of methoxy groups -OCH3 is 2. The zero-order chi connectivity index (χ0) is 15.5. The van der Waals surface area contributed by atoms with Crippen LogP contribution < -0.4 is 15.4 Å². The summed E-state index contributed by atoms with van der Waals surface area (Å²) in [5.41, 5.74) is 0.593. The first kappa shape index (κ1) is 16.9. The Morgan fingerprint density at radius 1 is 1.24 bits per heavy atom. The number of carbonyl (C=O) groups is 2. The predicted molar refractivity (Wildman–Crippen MR) is 77.3 cm³/mol. The van der Waals surface area contributed by atoms with Crippen molar-refractivity contribution in [1.82, 2.24) is 5.32 Å². The minimum atomic E-state index is -0.466. The molecule has 0 radical (unpaired) electrons. The first-order valence-corrected chi connectivity index (χ1v) is 6.45. The minimum absolute atomic E-state index is 0.170. The van der Waals surface area contributed by atoms with Crippen LogP contribution in [0.3, 0.4) is 0 Å². The van der Waals surface area contributed by atoms with Gasteiger partial charge in [-0.2, -0.15) is 0 Å². The Kier molecular flexibility index (Phi) is 7.85. The third-order valence-electron chi connectivity index (χ3n) is 2.47. The molecule has 7 nitrogen and oxygen atoms in total. The van der Waals surface area contributed by atoms with E-state index in [2.05, 4.69) is 15.4 Å². The zero-order valence-corrected chi connectivity index (χ0v) is 12.2. The highest BCUT2D eigenvalue weighted by molar-refractivity contribution is 5.92. The Balaban J connectivity index is 2.41. The number of hydrogen-bond acceptors (Lipinski definition) is 6. The number of nitrogens with one attached hydrogen (secondary N) is 2. The molecule has 0 saturated heterocycles. The lowest BCUT2D eigenvalue weighted by atomic mass is 10.3. The summed E-state index contributed by atoms with van der Waals surface area (Å²) in [6.07, 6.45) is 0. The lowest BCUT2D eigenvalue weighted by Gasteiger charge is -2.09. The van der Waals surface area contributed by atoms with Gasteiger partial charge in [0.1, 0.15) is 5.75 Å². The molecule has 0 aliphatic heterocycles. The monoisotopic (exact) mass is 296 g/mol. The third kappa shape index (κ3) is 7.28. The lowest BCUT2D eigenvalue weighted by molar-refractivity contribution is -0.142. The highest BCUT2D eigenvalue weighted by Gasteiger charge is 2.05. The summed E-state index contributed by atoms with van der Waals surface area (Å²) in [7, 11) is 2.89. The summed E-state index contributed by atoms with van der Waals surface area (Å²) in [5.74, 6) is -0.159. The van der Waals surface area contributed by atoms with Crippen molar-refractivity contribution in [2.75, 3.05) is 45.8 Å². The van der Waals surface area contributed by atoms with E-state index in [0.717, 1.165) is 0 Å². The van der Waals surface area contributed by atoms with Crippen LogP contribution >= 0.6 is 0 Å². The maximum absolute atomic E-state index is 11.7. The van der Waals surface area contributed by atoms with Crippen molar-refractivity contribution in [3.05, 3.63) is 24.3 Å². The van der Waals surface area contributed by atoms with Crippen molar-refractivity contribution < 1.29 is 23.8 Å². The second-order valence-corrected chi connectivity index (χ2v) is 4.11. The topological polar surface area (TPSA) is 85.9 Å². The largest absolute Gasteiger partial charge is 0.482 e. The molecule has 0 aliphatic carbocycles. The van der Waals surface area contributed by atoms with E-state index in [9.17, 15) is 9.59 Å². The zero-order valence-electron chi connectivity index (χ0n) is 12.2. The number of carbonyl (C=O) groups excluding carboxylic acids is 2. The van der Waals surface area contributed by atoms with Crippen LogP contribution in [-0.4, -0.2) is 52.4 Å². The fraction of sp³-hybridized carbons (Fsp3) is 0.429. The maximum Gasteiger partial charge on any atom is 0.343 e. The Morgan fingerprint density at radius 3 is 2.76 bits per heavy atom. The van der Waals surface area contributed by atoms with Crippen LogP contribution in [0.25, 0.3) is 0 Å². The van der Waals surface area contributed by atoms with Gasteiger partial charge in [0.25, 0.3) is 0 Å². The summed E-state index contributed by atoms with van der Waals surface area (Å²) in [5, 5.41) is 5.66. The van der Waals surface area contributed by atoms with Gasteiger partial charge in [0.15, 0.2) is 6.61 Å². The molecular weight excluding hydrogens is 276 g/mol. The van der Waals surface area contributed by atoms with Gasteiger partial charge in [0.05, 0.1) is 20.3 Å². The van der Waals surface area contributed by atoms with Gasteiger partial charge in [-0.05, 0) is 12.1 Å². The van der Waals surface area contributed by atoms with Crippen LogP contribution in [0.2, 0.25) is 0 Å². The highest BCUT2D eigenvalue weighted by Crippen LogP contribution is 2.17. The minimum Gasteiger partial charge on any atom is -0.482 e. The fourth-order valence-electron chi connectivity index (χ4n) is 1.45. The van der Waals surface area contributed by atoms with Crippen molar-refractivity contribution in [2.45, 2.75) is 0 Å². The SMILES string of the molecule is COCCNCC(=O)Nc1cccc(OCC(=O)OC)c1. The van der Waals surface area contributed by atoms with Gasteiger partial charge >= 0.3 is 5.97 Å². The molecular formula is C14H20N2O5. The van der Waals surface area contributed by atoms with Crippen molar-refractivity contribution in [2.24, 2.45) is 0 Å². The molecule has 21 heavy (non-hydrogen) atoms. The van der Waals surface area contributed by atoms with Crippen LogP contribution in [0.4, 0.5) is 5.69 Å². The number of amides is 1. The molecule has 7 heteroatoms. The van der Waals surface area contributed by atoms with Crippen LogP contribution in [0.15, 0.2) is 24.3 Å². The standard InChI is InChI=1S/C14H20N2O5/c1-19-7-6-15-9-13(17)16-11-4-3-5-12(8-11)21-10-14(18)20-2/h3-5,8,15H,6-7,9-10H2,1-2H3,(H,16,17). The van der Waals surface area contributed by atoms with Gasteiger partial charge in [0.2, 0.25) is 5.91 Å². The van der Waals surface area contributed by atoms with E-state index in [0.29, 0.717) is 24.6 Å². The Bertz CT molecular complexity index is 464. The molecule has 0 saturated carbocycles. The first-order valence-electron chi connectivity index (χ1n) is 6.45. The van der Waals surface area contributed by atoms with Crippen LogP contribution in [0.1, 0.15) is 0 Å². The van der Waals surface area contributed by atoms with Crippen molar-refractivity contribution >= 4 is 17.6 Å². The average Bonchev–Trinajstić information content (AvgIpc) is 2.49. The quantitative estimate of drug-likeness (QED) is 0.507. The number of anilines is 1. The number of hydrogen-bond donors (Lipinski definition) is 2. The fourth-order valence-corrected chi connectivity index (χ4v) is 1.45. The van der Waals surface area contributed by atoms with E-state index in [1.165, 1.54) is 7.11 Å². The third-order valence-corrected chi connectivity index (χ3v) is 2.47. The molecule has 0 bridgehead atoms. The molecule has 1 aromatic carbocycles. The molecule has 2 N–H and O–H groups in total. The van der Waals surface area contributed by atoms with E-state index in [1.54, 1.807) is 31.4 Å². The van der Waals surface area contributed by atoms with E-state index in [-0.39, 0.29) is 19.1 Å². The van der Waals surface area contributed by atoms with E-state index in [1.807, 2.05) is 0 Å². The Morgan fingerprint density at radius 2 is 2.05 bits per heavy atom. The molecule has 116 valence electrons. The lowest BCUT2D eigenvalue weighted by Crippen LogP contribution is -2.30. The van der Waals surface area contributed by atoms with Crippen LogP contribution in [0, 0.1) is 0 Å². The van der Waals surface area contributed by atoms with Gasteiger partial charge in [-0.3, -0.25) is 4.79 Å². The van der Waals surface area contributed by atoms with Gasteiger partial charge in [0, 0.05) is 25.4 Å². The number of rotatable bonds is 9. The second-order valence-electron chi connectivity index (χ2n) is 4.11. The van der Waals surface area contributed by atoms with E-state index < -0.39 is 5.97 Å². The van der Waals surface area contributed by atoms with Crippen molar-refractivity contribution in [3.63, 3.8) is 0 Å². The van der Waals surface area contributed by atoms with Gasteiger partial charge in [-0.25, -0.2) is 4.79 Å². The summed E-state index contributed by atoms with van der Waals surface area (Å²) in [6.45, 7) is 1.17. The summed E-state index contributed by atoms with van der Waals surface area (Å²) < 4.78 is 14.6. The van der Waals surface area contributed by atoms with E-state index >= 15 is 0 Å². The summed E-state index contributed by atoms with van der Waals surface area (Å²) in [6, 6.07) is 6.78. The normalized spacial score (nSPS) is 10.0. The average molecular weight is 296 g/mol. The Hall–Kier alpha value is -2.12. The molecule has 0 spiro atoms. The van der Waals surface area contributed by atoms with Crippen LogP contribution in [0.5, 0.6) is 5.75 Å². The molecule has 1 rings (SSSR count). The smallest absolute Gasteiger partial charge is 0.343 e. The predicted octanol–water partition coefficient (Wildman–Crippen LogP) is 0.413.